The van der Waals surface area contributed by atoms with Gasteiger partial charge in [0.15, 0.2) is 0 Å². The highest BCUT2D eigenvalue weighted by atomic mass is 14.9. The molecule has 74 valence electrons. The minimum Gasteiger partial charge on any atom is -0.310 e. The number of nitriles is 1. The lowest BCUT2D eigenvalue weighted by Crippen LogP contribution is -2.21. The van der Waals surface area contributed by atoms with Crippen LogP contribution in [0, 0.1) is 17.2 Å². The minimum atomic E-state index is 0.110. The van der Waals surface area contributed by atoms with Crippen LogP contribution < -0.4 is 5.32 Å². The molecular weight excluding hydrogens is 174 g/mol. The van der Waals surface area contributed by atoms with Crippen LogP contribution in [0.4, 0.5) is 0 Å². The highest BCUT2D eigenvalue weighted by Gasteiger charge is 2.02. The molecule has 0 aliphatic heterocycles. The van der Waals surface area contributed by atoms with E-state index in [0.29, 0.717) is 0 Å². The van der Waals surface area contributed by atoms with Crippen LogP contribution in [-0.4, -0.2) is 11.5 Å². The lowest BCUT2D eigenvalue weighted by atomic mass is 10.1. The van der Waals surface area contributed by atoms with E-state index in [4.69, 9.17) is 5.26 Å². The van der Waals surface area contributed by atoms with Gasteiger partial charge in [-0.05, 0) is 18.6 Å². The van der Waals surface area contributed by atoms with Gasteiger partial charge in [-0.3, -0.25) is 4.98 Å². The average molecular weight is 189 g/mol. The molecule has 0 saturated heterocycles. The summed E-state index contributed by atoms with van der Waals surface area (Å²) in [5, 5.41) is 11.9. The first-order valence-electron chi connectivity index (χ1n) is 4.87. The third kappa shape index (κ3) is 3.55. The number of aromatic nitrogens is 1. The Hall–Kier alpha value is -1.40. The average Bonchev–Trinajstić information content (AvgIpc) is 2.26. The number of pyridine rings is 1. The van der Waals surface area contributed by atoms with Crippen molar-refractivity contribution in [1.82, 2.24) is 10.3 Å². The lowest BCUT2D eigenvalue weighted by Gasteiger charge is -2.07. The van der Waals surface area contributed by atoms with Crippen molar-refractivity contribution in [3.63, 3.8) is 0 Å². The highest BCUT2D eigenvalue weighted by molar-refractivity contribution is 5.03. The van der Waals surface area contributed by atoms with Gasteiger partial charge in [-0.25, -0.2) is 0 Å². The van der Waals surface area contributed by atoms with Crippen molar-refractivity contribution in [1.29, 1.82) is 5.26 Å². The highest BCUT2D eigenvalue weighted by Crippen LogP contribution is 1.98. The molecule has 1 N–H and O–H groups in total. The molecule has 0 spiro atoms. The first kappa shape index (κ1) is 10.7. The molecule has 3 heteroatoms. The van der Waals surface area contributed by atoms with Crippen LogP contribution in [0.5, 0.6) is 0 Å². The van der Waals surface area contributed by atoms with Crippen LogP contribution >= 0.6 is 0 Å². The molecule has 0 bridgehead atoms. The molecule has 0 aromatic carbocycles. The van der Waals surface area contributed by atoms with Crippen LogP contribution in [0.25, 0.3) is 0 Å². The van der Waals surface area contributed by atoms with Gasteiger partial charge in [0.1, 0.15) is 0 Å². The number of hydrogen-bond donors (Lipinski definition) is 1. The van der Waals surface area contributed by atoms with Gasteiger partial charge in [0, 0.05) is 19.3 Å². The van der Waals surface area contributed by atoms with Gasteiger partial charge in [-0.1, -0.05) is 13.0 Å². The van der Waals surface area contributed by atoms with E-state index in [2.05, 4.69) is 16.4 Å². The zero-order valence-electron chi connectivity index (χ0n) is 8.40. The summed E-state index contributed by atoms with van der Waals surface area (Å²) in [6.45, 7) is 3.50. The Bertz CT molecular complexity index is 289. The third-order valence-electron chi connectivity index (χ3n) is 2.10. The fourth-order valence-electron chi connectivity index (χ4n) is 1.16. The molecule has 1 heterocycles. The van der Waals surface area contributed by atoms with Crippen LogP contribution in [0.2, 0.25) is 0 Å². The van der Waals surface area contributed by atoms with Crippen molar-refractivity contribution in [3.05, 3.63) is 30.1 Å². The fraction of sp³-hybridized carbons (Fsp3) is 0.455. The summed E-state index contributed by atoms with van der Waals surface area (Å²) >= 11 is 0. The van der Waals surface area contributed by atoms with Crippen molar-refractivity contribution in [3.8, 4) is 6.07 Å². The number of hydrogen-bond acceptors (Lipinski definition) is 3. The van der Waals surface area contributed by atoms with E-state index in [-0.39, 0.29) is 5.92 Å². The Balaban J connectivity index is 2.26. The van der Waals surface area contributed by atoms with Crippen LogP contribution in [0.3, 0.4) is 0 Å². The summed E-state index contributed by atoms with van der Waals surface area (Å²) < 4.78 is 0. The second kappa shape index (κ2) is 6.11. The minimum absolute atomic E-state index is 0.110. The summed E-state index contributed by atoms with van der Waals surface area (Å²) in [6.07, 6.45) is 2.67. The molecule has 1 atom stereocenters. The Morgan fingerprint density at radius 3 is 3.00 bits per heavy atom. The van der Waals surface area contributed by atoms with E-state index in [9.17, 15) is 0 Å². The zero-order chi connectivity index (χ0) is 10.2. The van der Waals surface area contributed by atoms with E-state index in [0.717, 1.165) is 25.2 Å². The van der Waals surface area contributed by atoms with E-state index < -0.39 is 0 Å². The summed E-state index contributed by atoms with van der Waals surface area (Å²) in [4.78, 5) is 4.18. The molecule has 1 unspecified atom stereocenters. The first-order chi connectivity index (χ1) is 6.86. The maximum absolute atomic E-state index is 8.72. The third-order valence-corrected chi connectivity index (χ3v) is 2.10. The van der Waals surface area contributed by atoms with E-state index in [1.165, 1.54) is 0 Å². The molecule has 0 radical (unpaired) electrons. The molecule has 0 aliphatic carbocycles. The SMILES string of the molecule is CCC(C#N)CNCc1ccccn1. The number of nitrogens with zero attached hydrogens (tertiary/aromatic N) is 2. The summed E-state index contributed by atoms with van der Waals surface area (Å²) in [6, 6.07) is 8.09. The second-order valence-electron chi connectivity index (χ2n) is 3.19. The molecule has 1 aromatic heterocycles. The molecule has 0 aliphatic rings. The lowest BCUT2D eigenvalue weighted by molar-refractivity contribution is 0.549. The summed E-state index contributed by atoms with van der Waals surface area (Å²) in [5.41, 5.74) is 1.01. The molecule has 0 saturated carbocycles. The van der Waals surface area contributed by atoms with Crippen molar-refractivity contribution in [2.24, 2.45) is 5.92 Å². The Morgan fingerprint density at radius 1 is 1.57 bits per heavy atom. The van der Waals surface area contributed by atoms with Crippen LogP contribution in [0.1, 0.15) is 19.0 Å². The maximum atomic E-state index is 8.72. The van der Waals surface area contributed by atoms with Crippen LogP contribution in [-0.2, 0) is 6.54 Å². The Kier molecular flexibility index (Phi) is 4.66. The smallest absolute Gasteiger partial charge is 0.0669 e. The van der Waals surface area contributed by atoms with Gasteiger partial charge in [0.25, 0.3) is 0 Å². The first-order valence-corrected chi connectivity index (χ1v) is 4.87. The zero-order valence-corrected chi connectivity index (χ0v) is 8.40. The van der Waals surface area contributed by atoms with Gasteiger partial charge < -0.3 is 5.32 Å². The largest absolute Gasteiger partial charge is 0.310 e. The van der Waals surface area contributed by atoms with Crippen molar-refractivity contribution >= 4 is 0 Å². The Morgan fingerprint density at radius 2 is 2.43 bits per heavy atom. The van der Waals surface area contributed by atoms with Gasteiger partial charge in [-0.15, -0.1) is 0 Å². The van der Waals surface area contributed by atoms with Gasteiger partial charge in [-0.2, -0.15) is 5.26 Å². The molecule has 3 nitrogen and oxygen atoms in total. The Labute approximate surface area is 84.8 Å². The topological polar surface area (TPSA) is 48.7 Å². The summed E-state index contributed by atoms with van der Waals surface area (Å²) in [5.74, 6) is 0.110. The predicted octanol–water partition coefficient (Wildman–Crippen LogP) is 1.72. The molecule has 14 heavy (non-hydrogen) atoms. The predicted molar refractivity (Wildman–Crippen MR) is 55.3 cm³/mol. The quantitative estimate of drug-likeness (QED) is 0.767. The molecule has 0 amide bonds. The van der Waals surface area contributed by atoms with Crippen molar-refractivity contribution < 1.29 is 0 Å². The molecular formula is C11H15N3. The standard InChI is InChI=1S/C11H15N3/c1-2-10(7-12)8-13-9-11-5-3-4-6-14-11/h3-6,10,13H,2,8-9H2,1H3. The normalized spacial score (nSPS) is 12.0. The van der Waals surface area contributed by atoms with Gasteiger partial charge in [0.2, 0.25) is 0 Å². The van der Waals surface area contributed by atoms with Crippen LogP contribution in [0.15, 0.2) is 24.4 Å². The monoisotopic (exact) mass is 189 g/mol. The summed E-state index contributed by atoms with van der Waals surface area (Å²) in [7, 11) is 0. The van der Waals surface area contributed by atoms with Gasteiger partial charge >= 0.3 is 0 Å². The van der Waals surface area contributed by atoms with Crippen molar-refractivity contribution in [2.45, 2.75) is 19.9 Å². The molecule has 0 fully saturated rings. The molecule has 1 aromatic rings. The van der Waals surface area contributed by atoms with Crippen molar-refractivity contribution in [2.75, 3.05) is 6.54 Å². The second-order valence-corrected chi connectivity index (χ2v) is 3.19. The van der Waals surface area contributed by atoms with E-state index in [1.54, 1.807) is 6.20 Å². The fourth-order valence-corrected chi connectivity index (χ4v) is 1.16. The maximum Gasteiger partial charge on any atom is 0.0669 e. The number of rotatable bonds is 5. The van der Waals surface area contributed by atoms with E-state index in [1.807, 2.05) is 25.1 Å². The molecule has 1 rings (SSSR count). The van der Waals surface area contributed by atoms with E-state index >= 15 is 0 Å². The van der Waals surface area contributed by atoms with Gasteiger partial charge in [0.05, 0.1) is 17.7 Å². The number of nitrogens with one attached hydrogen (secondary N) is 1.